The molecule has 3 rings (SSSR count). The van der Waals surface area contributed by atoms with Gasteiger partial charge in [-0.2, -0.15) is 0 Å². The number of carboxylic acids is 1. The fraction of sp³-hybridized carbons (Fsp3) is 0.375. The van der Waals surface area contributed by atoms with Gasteiger partial charge in [-0.25, -0.2) is 9.78 Å². The molecule has 0 spiro atoms. The second-order valence-corrected chi connectivity index (χ2v) is 5.64. The number of carbonyl (C=O) groups is 1. The fourth-order valence-corrected chi connectivity index (χ4v) is 2.98. The fourth-order valence-electron chi connectivity index (χ4n) is 2.98. The summed E-state index contributed by atoms with van der Waals surface area (Å²) in [5.41, 5.74) is 1.48. The van der Waals surface area contributed by atoms with Crippen LogP contribution in [-0.2, 0) is 13.0 Å². The number of likely N-dealkylation sites (tertiary alicyclic amines) is 1. The van der Waals surface area contributed by atoms with Crippen molar-refractivity contribution in [2.75, 3.05) is 13.1 Å². The first-order valence-corrected chi connectivity index (χ1v) is 7.23. The summed E-state index contributed by atoms with van der Waals surface area (Å²) in [6.45, 7) is 2.97. The molecular weight excluding hydrogens is 266 g/mol. The molecule has 2 heterocycles. The second-order valence-electron chi connectivity index (χ2n) is 5.64. The Kier molecular flexibility index (Phi) is 4.01. The van der Waals surface area contributed by atoms with Gasteiger partial charge in [-0.05, 0) is 43.0 Å². The lowest BCUT2D eigenvalue weighted by atomic mass is 9.97. The summed E-state index contributed by atoms with van der Waals surface area (Å²) in [6.07, 6.45) is 5.72. The number of hydrogen-bond acceptors (Lipinski definition) is 3. The highest BCUT2D eigenvalue weighted by Gasteiger charge is 2.23. The molecule has 0 bridgehead atoms. The maximum absolute atomic E-state index is 11.0. The second kappa shape index (κ2) is 6.10. The van der Waals surface area contributed by atoms with E-state index in [0.29, 0.717) is 11.5 Å². The molecule has 0 amide bonds. The minimum atomic E-state index is -0.859. The molecule has 5 heteroatoms. The number of benzene rings is 1. The average Bonchev–Trinajstić information content (AvgIpc) is 3.12. The Morgan fingerprint density at radius 1 is 1.48 bits per heavy atom. The van der Waals surface area contributed by atoms with E-state index in [9.17, 15) is 4.79 Å². The Hall–Kier alpha value is -2.14. The van der Waals surface area contributed by atoms with Crippen LogP contribution in [0.5, 0.6) is 0 Å². The van der Waals surface area contributed by atoms with Crippen molar-refractivity contribution in [3.8, 4) is 0 Å². The van der Waals surface area contributed by atoms with Crippen molar-refractivity contribution in [3.63, 3.8) is 0 Å². The van der Waals surface area contributed by atoms with Crippen LogP contribution in [0.3, 0.4) is 0 Å². The molecule has 110 valence electrons. The van der Waals surface area contributed by atoms with E-state index in [1.807, 2.05) is 18.3 Å². The maximum Gasteiger partial charge on any atom is 0.335 e. The minimum Gasteiger partial charge on any atom is -0.478 e. The van der Waals surface area contributed by atoms with Crippen LogP contribution in [0, 0.1) is 5.92 Å². The first kappa shape index (κ1) is 13.8. The van der Waals surface area contributed by atoms with Gasteiger partial charge in [0.2, 0.25) is 0 Å². The number of nitrogens with zero attached hydrogens (tertiary/aromatic N) is 2. The van der Waals surface area contributed by atoms with Crippen molar-refractivity contribution < 1.29 is 9.90 Å². The van der Waals surface area contributed by atoms with Crippen LogP contribution in [0.15, 0.2) is 36.7 Å². The van der Waals surface area contributed by atoms with Crippen molar-refractivity contribution in [1.82, 2.24) is 14.9 Å². The van der Waals surface area contributed by atoms with Gasteiger partial charge in [0.15, 0.2) is 0 Å². The lowest BCUT2D eigenvalue weighted by Crippen LogP contribution is -2.21. The molecule has 1 aromatic heterocycles. The predicted molar refractivity (Wildman–Crippen MR) is 79.1 cm³/mol. The van der Waals surface area contributed by atoms with Crippen molar-refractivity contribution in [2.24, 2.45) is 5.92 Å². The lowest BCUT2D eigenvalue weighted by Gasteiger charge is -2.14. The van der Waals surface area contributed by atoms with Crippen molar-refractivity contribution in [3.05, 3.63) is 53.6 Å². The molecule has 0 radical (unpaired) electrons. The Bertz CT molecular complexity index is 610. The molecule has 0 aliphatic carbocycles. The van der Waals surface area contributed by atoms with Gasteiger partial charge in [-0.1, -0.05) is 12.1 Å². The number of hydrogen-bond donors (Lipinski definition) is 2. The standard InChI is InChI=1S/C16H19N3O2/c20-16(21)14-3-1-2-12(9-14)8-13-4-7-19(10-13)11-15-17-5-6-18-15/h1-3,5-6,9,13H,4,7-8,10-11H2,(H,17,18)(H,20,21)/t13-/m1/s1. The largest absolute Gasteiger partial charge is 0.478 e. The highest BCUT2D eigenvalue weighted by atomic mass is 16.4. The molecule has 1 fully saturated rings. The SMILES string of the molecule is O=C(O)c1cccc(C[C@H]2CCN(Cc3ncc[nH]3)C2)c1. The number of H-pyrrole nitrogens is 1. The van der Waals surface area contributed by atoms with E-state index < -0.39 is 5.97 Å². The van der Waals surface area contributed by atoms with Crippen molar-refractivity contribution in [2.45, 2.75) is 19.4 Å². The molecule has 0 saturated carbocycles. The summed E-state index contributed by atoms with van der Waals surface area (Å²) in [5.74, 6) is 0.732. The number of carboxylic acid groups (broad SMARTS) is 1. The van der Waals surface area contributed by atoms with Crippen LogP contribution in [-0.4, -0.2) is 39.0 Å². The highest BCUT2D eigenvalue weighted by Crippen LogP contribution is 2.22. The summed E-state index contributed by atoms with van der Waals surface area (Å²) in [5, 5.41) is 9.04. The predicted octanol–water partition coefficient (Wildman–Crippen LogP) is 2.17. The van der Waals surface area contributed by atoms with Gasteiger partial charge < -0.3 is 10.1 Å². The minimum absolute atomic E-state index is 0.373. The van der Waals surface area contributed by atoms with Gasteiger partial charge >= 0.3 is 5.97 Å². The van der Waals surface area contributed by atoms with Crippen LogP contribution in [0.4, 0.5) is 0 Å². The summed E-state index contributed by atoms with van der Waals surface area (Å²) in [7, 11) is 0. The number of aromatic amines is 1. The Labute approximate surface area is 123 Å². The third-order valence-electron chi connectivity index (χ3n) is 4.00. The van der Waals surface area contributed by atoms with Crippen LogP contribution in [0.2, 0.25) is 0 Å². The molecule has 1 aliphatic heterocycles. The maximum atomic E-state index is 11.0. The van der Waals surface area contributed by atoms with Crippen LogP contribution < -0.4 is 0 Å². The topological polar surface area (TPSA) is 69.2 Å². The first-order chi connectivity index (χ1) is 10.2. The van der Waals surface area contributed by atoms with Gasteiger partial charge in [-0.15, -0.1) is 0 Å². The Morgan fingerprint density at radius 3 is 3.14 bits per heavy atom. The highest BCUT2D eigenvalue weighted by molar-refractivity contribution is 5.87. The Morgan fingerprint density at radius 2 is 2.38 bits per heavy atom. The van der Waals surface area contributed by atoms with E-state index in [1.54, 1.807) is 18.3 Å². The van der Waals surface area contributed by atoms with Gasteiger partial charge in [0.1, 0.15) is 5.82 Å². The summed E-state index contributed by atoms with van der Waals surface area (Å²) < 4.78 is 0. The van der Waals surface area contributed by atoms with E-state index in [2.05, 4.69) is 14.9 Å². The monoisotopic (exact) mass is 285 g/mol. The van der Waals surface area contributed by atoms with E-state index in [-0.39, 0.29) is 0 Å². The summed E-state index contributed by atoms with van der Waals surface area (Å²) in [4.78, 5) is 20.8. The number of nitrogens with one attached hydrogen (secondary N) is 1. The molecule has 1 aromatic carbocycles. The van der Waals surface area contributed by atoms with Gasteiger partial charge in [0.25, 0.3) is 0 Å². The number of aromatic carboxylic acids is 1. The van der Waals surface area contributed by atoms with E-state index >= 15 is 0 Å². The molecule has 21 heavy (non-hydrogen) atoms. The van der Waals surface area contributed by atoms with Crippen molar-refractivity contribution in [1.29, 1.82) is 0 Å². The molecule has 2 aromatic rings. The van der Waals surface area contributed by atoms with Crippen LogP contribution in [0.1, 0.15) is 28.2 Å². The normalized spacial score (nSPS) is 19.0. The quantitative estimate of drug-likeness (QED) is 0.883. The molecule has 1 saturated heterocycles. The zero-order valence-electron chi connectivity index (χ0n) is 11.8. The molecule has 2 N–H and O–H groups in total. The van der Waals surface area contributed by atoms with Crippen LogP contribution >= 0.6 is 0 Å². The average molecular weight is 285 g/mol. The smallest absolute Gasteiger partial charge is 0.335 e. The van der Waals surface area contributed by atoms with Gasteiger partial charge in [0, 0.05) is 18.9 Å². The van der Waals surface area contributed by atoms with E-state index in [0.717, 1.165) is 43.9 Å². The number of rotatable bonds is 5. The van der Waals surface area contributed by atoms with Crippen molar-refractivity contribution >= 4 is 5.97 Å². The third-order valence-corrected chi connectivity index (χ3v) is 4.00. The lowest BCUT2D eigenvalue weighted by molar-refractivity contribution is 0.0696. The number of aromatic nitrogens is 2. The molecule has 0 unspecified atom stereocenters. The van der Waals surface area contributed by atoms with Crippen LogP contribution in [0.25, 0.3) is 0 Å². The molecule has 5 nitrogen and oxygen atoms in total. The van der Waals surface area contributed by atoms with Gasteiger partial charge in [-0.3, -0.25) is 4.90 Å². The first-order valence-electron chi connectivity index (χ1n) is 7.23. The molecule has 1 atom stereocenters. The molecule has 1 aliphatic rings. The summed E-state index contributed by atoms with van der Waals surface area (Å²) in [6, 6.07) is 7.27. The third kappa shape index (κ3) is 3.49. The van der Waals surface area contributed by atoms with E-state index in [1.165, 1.54) is 0 Å². The zero-order chi connectivity index (χ0) is 14.7. The van der Waals surface area contributed by atoms with E-state index in [4.69, 9.17) is 5.11 Å². The number of imidazole rings is 1. The Balaban J connectivity index is 1.57. The molecular formula is C16H19N3O2. The van der Waals surface area contributed by atoms with Gasteiger partial charge in [0.05, 0.1) is 12.1 Å². The zero-order valence-corrected chi connectivity index (χ0v) is 11.8. The summed E-state index contributed by atoms with van der Waals surface area (Å²) >= 11 is 0.